The number of alkyl halides is 6. The highest BCUT2D eigenvalue weighted by Gasteiger charge is 2.33. The van der Waals surface area contributed by atoms with Crippen molar-refractivity contribution in [2.45, 2.75) is 76.2 Å². The number of nitrogens with one attached hydrogen (secondary N) is 1. The van der Waals surface area contributed by atoms with Gasteiger partial charge in [0.15, 0.2) is 11.5 Å². The van der Waals surface area contributed by atoms with Crippen molar-refractivity contribution < 1.29 is 44.7 Å². The van der Waals surface area contributed by atoms with E-state index in [-0.39, 0.29) is 23.2 Å². The SMILES string of the molecule is CC(C)(C)OC(=O)N1CCC(c2nc(-c3cc4ccc(C(F)(F)F)cc4o3)cs2)CC1.FC(F)(F)c1ccc2cc(-c3csc(C4CCNCC4)n3)oc2c1. The van der Waals surface area contributed by atoms with Crippen LogP contribution in [0.5, 0.6) is 0 Å². The number of halogens is 6. The van der Waals surface area contributed by atoms with Crippen molar-refractivity contribution in [2.24, 2.45) is 0 Å². The molecule has 55 heavy (non-hydrogen) atoms. The van der Waals surface area contributed by atoms with Crippen molar-refractivity contribution >= 4 is 50.7 Å². The molecule has 0 spiro atoms. The van der Waals surface area contributed by atoms with Gasteiger partial charge in [-0.05, 0) is 95.9 Å². The van der Waals surface area contributed by atoms with E-state index in [1.807, 2.05) is 31.5 Å². The number of carbonyl (C=O) groups is 1. The molecule has 8 rings (SSSR count). The third-order valence-corrected chi connectivity index (χ3v) is 11.4. The van der Waals surface area contributed by atoms with Crippen LogP contribution in [0.1, 0.15) is 79.4 Å². The second-order valence-electron chi connectivity index (χ2n) is 14.6. The fraction of sp³-hybridized carbons (Fsp3) is 0.410. The van der Waals surface area contributed by atoms with Gasteiger partial charge < -0.3 is 23.8 Å². The quantitative estimate of drug-likeness (QED) is 0.177. The summed E-state index contributed by atoms with van der Waals surface area (Å²) < 4.78 is 93.9. The Kier molecular flexibility index (Phi) is 10.8. The van der Waals surface area contributed by atoms with Crippen LogP contribution in [-0.2, 0) is 17.1 Å². The van der Waals surface area contributed by atoms with Crippen molar-refractivity contribution in [3.05, 3.63) is 80.4 Å². The van der Waals surface area contributed by atoms with E-state index in [9.17, 15) is 31.1 Å². The molecule has 2 aliphatic heterocycles. The first-order chi connectivity index (χ1) is 26.0. The molecule has 2 fully saturated rings. The van der Waals surface area contributed by atoms with Gasteiger partial charge in [0.05, 0.1) is 21.1 Å². The Morgan fingerprint density at radius 2 is 1.18 bits per heavy atom. The van der Waals surface area contributed by atoms with E-state index in [0.717, 1.165) is 73.1 Å². The number of rotatable bonds is 4. The number of aromatic nitrogens is 2. The van der Waals surface area contributed by atoms with E-state index in [2.05, 4.69) is 15.3 Å². The van der Waals surface area contributed by atoms with Crippen molar-refractivity contribution in [3.8, 4) is 22.9 Å². The molecule has 0 saturated carbocycles. The van der Waals surface area contributed by atoms with Gasteiger partial charge in [0.1, 0.15) is 28.2 Å². The first-order valence-electron chi connectivity index (χ1n) is 17.8. The average Bonchev–Trinajstić information content (AvgIpc) is 3.95. The molecule has 4 aromatic heterocycles. The van der Waals surface area contributed by atoms with Crippen LogP contribution < -0.4 is 5.32 Å². The molecular weight excluding hydrogens is 767 g/mol. The maximum Gasteiger partial charge on any atom is 0.416 e. The van der Waals surface area contributed by atoms with Crippen LogP contribution in [0.15, 0.2) is 68.1 Å². The van der Waals surface area contributed by atoms with E-state index in [1.54, 1.807) is 28.4 Å². The van der Waals surface area contributed by atoms with Crippen LogP contribution in [-0.4, -0.2) is 52.7 Å². The molecule has 2 saturated heterocycles. The number of hydrogen-bond donors (Lipinski definition) is 1. The van der Waals surface area contributed by atoms with Crippen LogP contribution in [0.3, 0.4) is 0 Å². The third-order valence-electron chi connectivity index (χ3n) is 9.43. The number of piperidine rings is 2. The number of carbonyl (C=O) groups excluding carboxylic acids is 1. The fourth-order valence-corrected chi connectivity index (χ4v) is 8.51. The highest BCUT2D eigenvalue weighted by atomic mass is 32.1. The number of amides is 1. The van der Waals surface area contributed by atoms with Gasteiger partial charge in [-0.25, -0.2) is 14.8 Å². The minimum atomic E-state index is -4.41. The molecule has 1 N–H and O–H groups in total. The van der Waals surface area contributed by atoms with Crippen LogP contribution in [0.25, 0.3) is 44.8 Å². The van der Waals surface area contributed by atoms with Crippen molar-refractivity contribution in [3.63, 3.8) is 0 Å². The highest BCUT2D eigenvalue weighted by molar-refractivity contribution is 7.10. The number of nitrogens with zero attached hydrogens (tertiary/aromatic N) is 3. The normalized spacial score (nSPS) is 16.4. The maximum absolute atomic E-state index is 12.9. The Hall–Kier alpha value is -4.41. The smallest absolute Gasteiger partial charge is 0.416 e. The topological polar surface area (TPSA) is 93.6 Å². The Morgan fingerprint density at radius 1 is 0.727 bits per heavy atom. The predicted octanol–water partition coefficient (Wildman–Crippen LogP) is 11.7. The Morgan fingerprint density at radius 3 is 1.62 bits per heavy atom. The lowest BCUT2D eigenvalue weighted by molar-refractivity contribution is -0.138. The van der Waals surface area contributed by atoms with Gasteiger partial charge in [-0.15, -0.1) is 22.7 Å². The maximum atomic E-state index is 12.9. The highest BCUT2D eigenvalue weighted by Crippen LogP contribution is 2.39. The van der Waals surface area contributed by atoms with Gasteiger partial charge in [-0.1, -0.05) is 12.1 Å². The summed E-state index contributed by atoms with van der Waals surface area (Å²) in [5, 5.41) is 10.4. The molecule has 292 valence electrons. The van der Waals surface area contributed by atoms with E-state index < -0.39 is 29.1 Å². The molecule has 0 aliphatic carbocycles. The molecule has 2 aliphatic rings. The van der Waals surface area contributed by atoms with Gasteiger partial charge in [-0.3, -0.25) is 0 Å². The Balaban J connectivity index is 0.000000174. The fourth-order valence-electron chi connectivity index (χ4n) is 6.55. The summed E-state index contributed by atoms with van der Waals surface area (Å²) in [7, 11) is 0. The summed E-state index contributed by atoms with van der Waals surface area (Å²) in [6.07, 6.45) is -5.41. The zero-order chi connectivity index (χ0) is 39.1. The summed E-state index contributed by atoms with van der Waals surface area (Å²) in [6.45, 7) is 8.71. The van der Waals surface area contributed by atoms with E-state index in [1.165, 1.54) is 23.5 Å². The average molecular weight is 805 g/mol. The lowest BCUT2D eigenvalue weighted by atomic mass is 9.98. The van der Waals surface area contributed by atoms with Crippen LogP contribution in [0.2, 0.25) is 0 Å². The standard InChI is InChI=1S/C22H23F3N2O3S.C17H15F3N2OS/c1-21(2,3)30-20(28)27-8-6-13(7-9-27)19-26-16(12-31-19)18-10-14-4-5-15(22(23,24)25)11-17(14)29-18;18-17(19,20)12-2-1-11-7-15(23-14(11)8-12)13-9-24-16(22-13)10-3-5-21-6-4-10/h4-5,10-13H,6-9H2,1-3H3;1-2,7-10,21H,3-6H2. The lowest BCUT2D eigenvalue weighted by Crippen LogP contribution is -2.41. The number of benzene rings is 2. The van der Waals surface area contributed by atoms with Crippen molar-refractivity contribution in [2.75, 3.05) is 26.2 Å². The molecule has 6 heterocycles. The second kappa shape index (κ2) is 15.3. The van der Waals surface area contributed by atoms with Crippen LogP contribution in [0, 0.1) is 0 Å². The second-order valence-corrected chi connectivity index (χ2v) is 16.4. The molecule has 8 nitrogen and oxygen atoms in total. The van der Waals surface area contributed by atoms with Gasteiger partial charge in [0.2, 0.25) is 0 Å². The molecule has 1 amide bonds. The predicted molar refractivity (Wildman–Crippen MR) is 199 cm³/mol. The van der Waals surface area contributed by atoms with Crippen LogP contribution in [0.4, 0.5) is 31.1 Å². The minimum Gasteiger partial charge on any atom is -0.454 e. The summed E-state index contributed by atoms with van der Waals surface area (Å²) in [5.41, 5.74) is -0.244. The molecule has 2 aromatic carbocycles. The number of fused-ring (bicyclic) bond motifs is 2. The number of likely N-dealkylation sites (tertiary alicyclic amines) is 1. The number of thiazole rings is 2. The van der Waals surface area contributed by atoms with Gasteiger partial charge in [-0.2, -0.15) is 26.3 Å². The molecule has 16 heteroatoms. The molecular formula is C39H38F6N4O4S2. The minimum absolute atomic E-state index is 0.185. The summed E-state index contributed by atoms with van der Waals surface area (Å²) in [5.74, 6) is 1.63. The summed E-state index contributed by atoms with van der Waals surface area (Å²) in [4.78, 5) is 23.3. The third kappa shape index (κ3) is 9.18. The summed E-state index contributed by atoms with van der Waals surface area (Å²) in [6, 6.07) is 10.5. The van der Waals surface area contributed by atoms with E-state index >= 15 is 0 Å². The number of hydrogen-bond acceptors (Lipinski definition) is 9. The van der Waals surface area contributed by atoms with Crippen molar-refractivity contribution in [1.82, 2.24) is 20.2 Å². The molecule has 0 unspecified atom stereocenters. The Labute approximate surface area is 320 Å². The van der Waals surface area contributed by atoms with Gasteiger partial charge in [0.25, 0.3) is 0 Å². The van der Waals surface area contributed by atoms with Gasteiger partial charge >= 0.3 is 18.4 Å². The Bertz CT molecular complexity index is 2270. The monoisotopic (exact) mass is 804 g/mol. The van der Waals surface area contributed by atoms with Crippen molar-refractivity contribution in [1.29, 1.82) is 0 Å². The largest absolute Gasteiger partial charge is 0.454 e. The molecule has 0 radical (unpaired) electrons. The van der Waals surface area contributed by atoms with E-state index in [0.29, 0.717) is 52.7 Å². The first-order valence-corrected chi connectivity index (χ1v) is 19.6. The molecule has 0 atom stereocenters. The zero-order valence-corrected chi connectivity index (χ0v) is 31.8. The van der Waals surface area contributed by atoms with E-state index in [4.69, 9.17) is 13.6 Å². The van der Waals surface area contributed by atoms with Gasteiger partial charge in [0, 0.05) is 46.5 Å². The number of furan rings is 2. The number of ether oxygens (including phenoxy) is 1. The molecule has 0 bridgehead atoms. The van der Waals surface area contributed by atoms with Crippen LogP contribution >= 0.6 is 22.7 Å². The molecule has 6 aromatic rings. The zero-order valence-electron chi connectivity index (χ0n) is 30.1. The first kappa shape index (κ1) is 38.8. The summed E-state index contributed by atoms with van der Waals surface area (Å²) >= 11 is 3.09. The lowest BCUT2D eigenvalue weighted by Gasteiger charge is -2.32.